The third-order valence-corrected chi connectivity index (χ3v) is 7.25. The molecular formula is C31H36N4O5. The Balaban J connectivity index is 1.56. The molecule has 0 unspecified atom stereocenters. The number of benzene rings is 2. The first kappa shape index (κ1) is 28.6. The standard InChI is InChI=1S/C31H36N4O5/c1-19-28(20(2)34-29(19)21(3)36)31(40)35-15-5-9-27(38)32-14-12-22-10-11-26(37)25(17-22)23-7-4-8-24(18-23)30(39)33-13-6-16-35/h4,7-8,10-11,17-18,34,37H,5-6,9,12-16H2,1-3H3,(H,32,38)(H,33,39). The van der Waals surface area contributed by atoms with Crippen molar-refractivity contribution in [2.75, 3.05) is 26.2 Å². The molecule has 1 aliphatic heterocycles. The van der Waals surface area contributed by atoms with E-state index in [0.29, 0.717) is 84.6 Å². The van der Waals surface area contributed by atoms with E-state index in [1.165, 1.54) is 6.92 Å². The third-order valence-electron chi connectivity index (χ3n) is 7.25. The van der Waals surface area contributed by atoms with E-state index in [-0.39, 0.29) is 35.7 Å². The second kappa shape index (κ2) is 12.6. The summed E-state index contributed by atoms with van der Waals surface area (Å²) in [5, 5.41) is 16.3. The van der Waals surface area contributed by atoms with E-state index in [2.05, 4.69) is 15.6 Å². The number of rotatable bonds is 2. The zero-order chi connectivity index (χ0) is 28.8. The lowest BCUT2D eigenvalue weighted by molar-refractivity contribution is -0.121. The van der Waals surface area contributed by atoms with Crippen molar-refractivity contribution in [2.24, 2.45) is 0 Å². The van der Waals surface area contributed by atoms with Crippen molar-refractivity contribution in [3.05, 3.63) is 76.1 Å². The molecule has 1 aromatic heterocycles. The van der Waals surface area contributed by atoms with E-state index in [9.17, 15) is 24.3 Å². The smallest absolute Gasteiger partial charge is 0.255 e. The Kier molecular flexibility index (Phi) is 9.04. The third kappa shape index (κ3) is 6.59. The molecule has 0 fully saturated rings. The maximum atomic E-state index is 13.6. The average molecular weight is 545 g/mol. The number of aromatic hydroxyl groups is 1. The highest BCUT2D eigenvalue weighted by atomic mass is 16.3. The van der Waals surface area contributed by atoms with Crippen LogP contribution in [0.3, 0.4) is 0 Å². The molecule has 4 N–H and O–H groups in total. The number of hydrogen-bond donors (Lipinski definition) is 4. The van der Waals surface area contributed by atoms with Crippen LogP contribution < -0.4 is 10.6 Å². The van der Waals surface area contributed by atoms with Gasteiger partial charge in [-0.2, -0.15) is 0 Å². The molecule has 2 aromatic carbocycles. The summed E-state index contributed by atoms with van der Waals surface area (Å²) in [5.74, 6) is -0.573. The molecule has 210 valence electrons. The number of nitrogens with zero attached hydrogens (tertiary/aromatic N) is 1. The first-order chi connectivity index (χ1) is 19.2. The van der Waals surface area contributed by atoms with E-state index in [1.54, 1.807) is 43.0 Å². The van der Waals surface area contributed by atoms with E-state index in [4.69, 9.17) is 0 Å². The normalized spacial score (nSPS) is 15.3. The molecule has 3 aromatic rings. The number of aromatic amines is 1. The number of phenolic OH excluding ortho intramolecular Hbond substituents is 1. The summed E-state index contributed by atoms with van der Waals surface area (Å²) < 4.78 is 0. The zero-order valence-corrected chi connectivity index (χ0v) is 23.2. The molecule has 0 atom stereocenters. The van der Waals surface area contributed by atoms with Gasteiger partial charge in [0, 0.05) is 56.3 Å². The highest BCUT2D eigenvalue weighted by molar-refractivity contribution is 6.02. The molecule has 1 aliphatic rings. The quantitative estimate of drug-likeness (QED) is 0.363. The van der Waals surface area contributed by atoms with Gasteiger partial charge in [-0.1, -0.05) is 18.2 Å². The highest BCUT2D eigenvalue weighted by Crippen LogP contribution is 2.31. The number of ketones is 1. The van der Waals surface area contributed by atoms with Crippen LogP contribution in [-0.4, -0.2) is 64.7 Å². The lowest BCUT2D eigenvalue weighted by atomic mass is 9.98. The highest BCUT2D eigenvalue weighted by Gasteiger charge is 2.24. The number of carbonyl (C=O) groups excluding carboxylic acids is 4. The van der Waals surface area contributed by atoms with Gasteiger partial charge in [-0.15, -0.1) is 0 Å². The molecule has 9 nitrogen and oxygen atoms in total. The second-order valence-corrected chi connectivity index (χ2v) is 10.2. The van der Waals surface area contributed by atoms with Gasteiger partial charge in [0.2, 0.25) is 5.91 Å². The minimum absolute atomic E-state index is 0.0999. The monoisotopic (exact) mass is 544 g/mol. The van der Waals surface area contributed by atoms with Gasteiger partial charge in [0.05, 0.1) is 11.3 Å². The Bertz CT molecular complexity index is 1440. The van der Waals surface area contributed by atoms with E-state index in [0.717, 1.165) is 5.56 Å². The van der Waals surface area contributed by atoms with E-state index < -0.39 is 0 Å². The predicted molar refractivity (Wildman–Crippen MR) is 153 cm³/mol. The fraction of sp³-hybridized carbons (Fsp3) is 0.355. The van der Waals surface area contributed by atoms with Gasteiger partial charge in [-0.25, -0.2) is 0 Å². The van der Waals surface area contributed by atoms with Crippen LogP contribution in [0.25, 0.3) is 11.1 Å². The number of carbonyl (C=O) groups is 4. The summed E-state index contributed by atoms with van der Waals surface area (Å²) in [6.07, 6.45) is 1.82. The van der Waals surface area contributed by atoms with Gasteiger partial charge in [-0.05, 0) is 74.1 Å². The van der Waals surface area contributed by atoms with Crippen LogP contribution in [0, 0.1) is 13.8 Å². The van der Waals surface area contributed by atoms with Crippen molar-refractivity contribution in [3.8, 4) is 16.9 Å². The Hall–Kier alpha value is -4.40. The van der Waals surface area contributed by atoms with Crippen molar-refractivity contribution in [3.63, 3.8) is 0 Å². The molecule has 3 amide bonds. The number of aromatic nitrogens is 1. The van der Waals surface area contributed by atoms with Crippen molar-refractivity contribution >= 4 is 23.5 Å². The molecule has 0 spiro atoms. The van der Waals surface area contributed by atoms with Gasteiger partial charge in [0.25, 0.3) is 11.8 Å². The Morgan fingerprint density at radius 3 is 2.40 bits per heavy atom. The van der Waals surface area contributed by atoms with Crippen molar-refractivity contribution < 1.29 is 24.3 Å². The second-order valence-electron chi connectivity index (χ2n) is 10.2. The minimum Gasteiger partial charge on any atom is -0.507 e. The lowest BCUT2D eigenvalue weighted by Gasteiger charge is -2.23. The molecule has 2 heterocycles. The van der Waals surface area contributed by atoms with Crippen LogP contribution in [-0.2, 0) is 11.2 Å². The van der Waals surface area contributed by atoms with Gasteiger partial charge in [0.15, 0.2) is 5.78 Å². The van der Waals surface area contributed by atoms with Crippen molar-refractivity contribution in [1.82, 2.24) is 20.5 Å². The van der Waals surface area contributed by atoms with E-state index in [1.807, 2.05) is 18.2 Å². The van der Waals surface area contributed by atoms with Crippen LogP contribution in [0.1, 0.15) is 74.2 Å². The van der Waals surface area contributed by atoms with Crippen molar-refractivity contribution in [2.45, 2.75) is 46.5 Å². The minimum atomic E-state index is -0.244. The van der Waals surface area contributed by atoms with Crippen LogP contribution in [0.5, 0.6) is 5.75 Å². The summed E-state index contributed by atoms with van der Waals surface area (Å²) in [6, 6.07) is 12.4. The lowest BCUT2D eigenvalue weighted by Crippen LogP contribution is -2.36. The van der Waals surface area contributed by atoms with E-state index >= 15 is 0 Å². The number of amides is 3. The van der Waals surface area contributed by atoms with Crippen LogP contribution in [0.4, 0.5) is 0 Å². The Labute approximate surface area is 234 Å². The molecule has 0 radical (unpaired) electrons. The van der Waals surface area contributed by atoms with Gasteiger partial charge < -0.3 is 25.6 Å². The number of hydrogen-bond acceptors (Lipinski definition) is 5. The summed E-state index contributed by atoms with van der Waals surface area (Å²) in [6.45, 7) is 6.51. The number of nitrogens with one attached hydrogen (secondary N) is 3. The Morgan fingerprint density at radius 2 is 1.65 bits per heavy atom. The molecule has 40 heavy (non-hydrogen) atoms. The molecule has 0 aliphatic carbocycles. The largest absolute Gasteiger partial charge is 0.507 e. The average Bonchev–Trinajstić information content (AvgIpc) is 3.23. The molecule has 4 rings (SSSR count). The molecule has 0 saturated carbocycles. The summed E-state index contributed by atoms with van der Waals surface area (Å²) in [7, 11) is 0. The predicted octanol–water partition coefficient (Wildman–Crippen LogP) is 3.92. The summed E-state index contributed by atoms with van der Waals surface area (Å²) >= 11 is 0. The topological polar surface area (TPSA) is 132 Å². The maximum absolute atomic E-state index is 13.6. The first-order valence-electron chi connectivity index (χ1n) is 13.6. The first-order valence-corrected chi connectivity index (χ1v) is 13.6. The van der Waals surface area contributed by atoms with Crippen LogP contribution >= 0.6 is 0 Å². The molecule has 4 bridgehead atoms. The number of Topliss-reactive ketones (excluding diaryl/α,β-unsaturated/α-hetero) is 1. The van der Waals surface area contributed by atoms with Crippen LogP contribution in [0.15, 0.2) is 42.5 Å². The van der Waals surface area contributed by atoms with Crippen LogP contribution in [0.2, 0.25) is 0 Å². The number of aryl methyl sites for hydroxylation is 1. The number of H-pyrrole nitrogens is 1. The van der Waals surface area contributed by atoms with Gasteiger partial charge >= 0.3 is 0 Å². The van der Waals surface area contributed by atoms with Crippen molar-refractivity contribution in [1.29, 1.82) is 0 Å². The zero-order valence-electron chi connectivity index (χ0n) is 23.2. The Morgan fingerprint density at radius 1 is 0.900 bits per heavy atom. The summed E-state index contributed by atoms with van der Waals surface area (Å²) in [5.41, 5.74) is 4.89. The van der Waals surface area contributed by atoms with Gasteiger partial charge in [-0.3, -0.25) is 19.2 Å². The van der Waals surface area contributed by atoms with Gasteiger partial charge in [0.1, 0.15) is 5.75 Å². The molecular weight excluding hydrogens is 508 g/mol. The number of fused-ring (bicyclic) bond motifs is 5. The fourth-order valence-corrected chi connectivity index (χ4v) is 5.13. The fourth-order valence-electron chi connectivity index (χ4n) is 5.13. The summed E-state index contributed by atoms with van der Waals surface area (Å²) in [4.78, 5) is 55.8. The SMILES string of the molecule is CC(=O)c1[nH]c(C)c(C(=O)N2CCCNC(=O)c3cccc(c3)-c3cc(ccc3O)CCNC(=O)CCC2)c1C. The maximum Gasteiger partial charge on any atom is 0.255 e. The molecule has 0 saturated heterocycles. The number of phenols is 1. The molecule has 9 heteroatoms.